The molecule has 2 rings (SSSR count). The highest BCUT2D eigenvalue weighted by Gasteiger charge is 2.33. The number of sulfonamides is 1. The predicted octanol–water partition coefficient (Wildman–Crippen LogP) is 1.60. The maximum Gasteiger partial charge on any atom is 0.244 e. The van der Waals surface area contributed by atoms with Gasteiger partial charge >= 0.3 is 0 Å². The maximum atomic E-state index is 12.7. The Morgan fingerprint density at radius 1 is 1.35 bits per heavy atom. The fourth-order valence-electron chi connectivity index (χ4n) is 2.35. The van der Waals surface area contributed by atoms with E-state index in [4.69, 9.17) is 22.1 Å². The first-order valence-electron chi connectivity index (χ1n) is 6.48. The SMILES string of the molecule is C[C@@H]1CN(S(=O)(=O)c2ccc(CN)cc2Cl)C[C@H](C)O1. The molecule has 112 valence electrons. The van der Waals surface area contributed by atoms with Crippen molar-refractivity contribution in [2.75, 3.05) is 13.1 Å². The Kier molecular flexibility index (Phi) is 4.71. The van der Waals surface area contributed by atoms with Crippen molar-refractivity contribution < 1.29 is 13.2 Å². The summed E-state index contributed by atoms with van der Waals surface area (Å²) in [6.45, 7) is 4.71. The molecule has 1 saturated heterocycles. The van der Waals surface area contributed by atoms with Gasteiger partial charge in [0.2, 0.25) is 10.0 Å². The number of hydrogen-bond acceptors (Lipinski definition) is 4. The van der Waals surface area contributed by atoms with E-state index in [2.05, 4.69) is 0 Å². The molecule has 20 heavy (non-hydrogen) atoms. The average Bonchev–Trinajstić information content (AvgIpc) is 2.37. The summed E-state index contributed by atoms with van der Waals surface area (Å²) in [6.07, 6.45) is -0.258. The lowest BCUT2D eigenvalue weighted by molar-refractivity contribution is -0.0440. The zero-order valence-corrected chi connectivity index (χ0v) is 13.1. The van der Waals surface area contributed by atoms with Crippen LogP contribution in [0.25, 0.3) is 0 Å². The lowest BCUT2D eigenvalue weighted by Crippen LogP contribution is -2.48. The van der Waals surface area contributed by atoms with Gasteiger partial charge in [0.1, 0.15) is 4.90 Å². The van der Waals surface area contributed by atoms with E-state index >= 15 is 0 Å². The highest BCUT2D eigenvalue weighted by molar-refractivity contribution is 7.89. The van der Waals surface area contributed by atoms with E-state index in [1.807, 2.05) is 13.8 Å². The fourth-order valence-corrected chi connectivity index (χ4v) is 4.48. The van der Waals surface area contributed by atoms with Gasteiger partial charge in [0, 0.05) is 19.6 Å². The molecule has 0 amide bonds. The minimum absolute atomic E-state index is 0.123. The van der Waals surface area contributed by atoms with Gasteiger partial charge in [-0.2, -0.15) is 4.31 Å². The Bertz CT molecular complexity index is 581. The zero-order chi connectivity index (χ0) is 14.9. The van der Waals surface area contributed by atoms with Gasteiger partial charge < -0.3 is 10.5 Å². The molecule has 0 aliphatic carbocycles. The third-order valence-corrected chi connectivity index (χ3v) is 5.55. The molecular weight excluding hydrogens is 300 g/mol. The first-order valence-corrected chi connectivity index (χ1v) is 8.30. The van der Waals surface area contributed by atoms with E-state index in [0.717, 1.165) is 5.56 Å². The number of ether oxygens (including phenoxy) is 1. The van der Waals surface area contributed by atoms with Crippen LogP contribution in [0.15, 0.2) is 23.1 Å². The van der Waals surface area contributed by atoms with Crippen LogP contribution in [0.5, 0.6) is 0 Å². The van der Waals surface area contributed by atoms with Crippen molar-refractivity contribution in [3.8, 4) is 0 Å². The van der Waals surface area contributed by atoms with E-state index < -0.39 is 10.0 Å². The number of nitrogens with zero attached hydrogens (tertiary/aromatic N) is 1. The van der Waals surface area contributed by atoms with Crippen LogP contribution in [-0.2, 0) is 21.3 Å². The average molecular weight is 319 g/mol. The van der Waals surface area contributed by atoms with Crippen molar-refractivity contribution in [1.82, 2.24) is 4.31 Å². The standard InChI is InChI=1S/C13H19ClN2O3S/c1-9-7-16(8-10(2)19-9)20(17,18)13-4-3-11(6-15)5-12(13)14/h3-5,9-10H,6-8,15H2,1-2H3/t9-,10+. The third kappa shape index (κ3) is 3.15. The third-order valence-electron chi connectivity index (χ3n) is 3.24. The normalized spacial score (nSPS) is 24.8. The summed E-state index contributed by atoms with van der Waals surface area (Å²) >= 11 is 6.09. The number of morpholine rings is 1. The smallest absolute Gasteiger partial charge is 0.244 e. The van der Waals surface area contributed by atoms with Crippen molar-refractivity contribution in [3.63, 3.8) is 0 Å². The molecule has 1 aliphatic rings. The summed E-state index contributed by atoms with van der Waals surface area (Å²) < 4.78 is 32.3. The first kappa shape index (κ1) is 15.7. The summed E-state index contributed by atoms with van der Waals surface area (Å²) in [4.78, 5) is 0.123. The van der Waals surface area contributed by atoms with Crippen LogP contribution in [-0.4, -0.2) is 38.0 Å². The Labute approximate surface area is 124 Å². The van der Waals surface area contributed by atoms with Gasteiger partial charge in [0.15, 0.2) is 0 Å². The largest absolute Gasteiger partial charge is 0.373 e. The van der Waals surface area contributed by atoms with E-state index in [9.17, 15) is 8.42 Å². The molecule has 0 saturated carbocycles. The van der Waals surface area contributed by atoms with Gasteiger partial charge in [0.25, 0.3) is 0 Å². The lowest BCUT2D eigenvalue weighted by Gasteiger charge is -2.34. The monoisotopic (exact) mass is 318 g/mol. The van der Waals surface area contributed by atoms with Crippen LogP contribution in [0.1, 0.15) is 19.4 Å². The number of halogens is 1. The van der Waals surface area contributed by atoms with Crippen molar-refractivity contribution in [2.45, 2.75) is 37.5 Å². The fraction of sp³-hybridized carbons (Fsp3) is 0.538. The Balaban J connectivity index is 2.35. The quantitative estimate of drug-likeness (QED) is 0.918. The van der Waals surface area contributed by atoms with E-state index in [-0.39, 0.29) is 22.1 Å². The molecule has 0 spiro atoms. The number of benzene rings is 1. The summed E-state index contributed by atoms with van der Waals surface area (Å²) in [7, 11) is -3.60. The Morgan fingerprint density at radius 2 is 1.95 bits per heavy atom. The van der Waals surface area contributed by atoms with Gasteiger partial charge in [-0.1, -0.05) is 17.7 Å². The molecule has 1 aromatic carbocycles. The van der Waals surface area contributed by atoms with Crippen molar-refractivity contribution in [2.24, 2.45) is 5.73 Å². The summed E-state index contributed by atoms with van der Waals surface area (Å²) in [5.74, 6) is 0. The van der Waals surface area contributed by atoms with Gasteiger partial charge in [-0.3, -0.25) is 0 Å². The highest BCUT2D eigenvalue weighted by Crippen LogP contribution is 2.27. The molecule has 2 N–H and O–H groups in total. The minimum atomic E-state index is -3.60. The zero-order valence-electron chi connectivity index (χ0n) is 11.5. The van der Waals surface area contributed by atoms with Crippen molar-refractivity contribution in [1.29, 1.82) is 0 Å². The van der Waals surface area contributed by atoms with Gasteiger partial charge in [-0.05, 0) is 31.5 Å². The molecule has 0 unspecified atom stereocenters. The molecule has 1 fully saturated rings. The lowest BCUT2D eigenvalue weighted by atomic mass is 10.2. The second kappa shape index (κ2) is 5.99. The predicted molar refractivity (Wildman–Crippen MR) is 78.1 cm³/mol. The second-order valence-corrected chi connectivity index (χ2v) is 7.36. The van der Waals surface area contributed by atoms with Crippen LogP contribution in [0.2, 0.25) is 5.02 Å². The Morgan fingerprint density at radius 3 is 2.45 bits per heavy atom. The molecule has 2 atom stereocenters. The van der Waals surface area contributed by atoms with Gasteiger partial charge in [-0.25, -0.2) is 8.42 Å². The number of hydrogen-bond donors (Lipinski definition) is 1. The van der Waals surface area contributed by atoms with Crippen LogP contribution in [0.3, 0.4) is 0 Å². The van der Waals surface area contributed by atoms with E-state index in [0.29, 0.717) is 19.6 Å². The second-order valence-electron chi connectivity index (χ2n) is 5.05. The molecule has 0 radical (unpaired) electrons. The van der Waals surface area contributed by atoms with E-state index in [1.165, 1.54) is 10.4 Å². The minimum Gasteiger partial charge on any atom is -0.373 e. The number of nitrogens with two attached hydrogens (primary N) is 1. The van der Waals surface area contributed by atoms with E-state index in [1.54, 1.807) is 12.1 Å². The molecular formula is C13H19ClN2O3S. The van der Waals surface area contributed by atoms with Gasteiger partial charge in [-0.15, -0.1) is 0 Å². The summed E-state index contributed by atoms with van der Waals surface area (Å²) in [5.41, 5.74) is 6.33. The molecule has 7 heteroatoms. The molecule has 0 bridgehead atoms. The van der Waals surface area contributed by atoms with Crippen molar-refractivity contribution in [3.05, 3.63) is 28.8 Å². The molecule has 1 aromatic rings. The van der Waals surface area contributed by atoms with Gasteiger partial charge in [0.05, 0.1) is 17.2 Å². The van der Waals surface area contributed by atoms with Crippen LogP contribution in [0.4, 0.5) is 0 Å². The molecule has 5 nitrogen and oxygen atoms in total. The summed E-state index contributed by atoms with van der Waals surface area (Å²) in [5, 5.41) is 0.208. The molecule has 0 aromatic heterocycles. The Hall–Kier alpha value is -0.660. The van der Waals surface area contributed by atoms with Crippen LogP contribution >= 0.6 is 11.6 Å². The summed E-state index contributed by atoms with van der Waals surface area (Å²) in [6, 6.07) is 4.80. The topological polar surface area (TPSA) is 72.6 Å². The van der Waals surface area contributed by atoms with Crippen LogP contribution < -0.4 is 5.73 Å². The first-order chi connectivity index (χ1) is 9.34. The maximum absolute atomic E-state index is 12.7. The molecule has 1 heterocycles. The highest BCUT2D eigenvalue weighted by atomic mass is 35.5. The van der Waals surface area contributed by atoms with Crippen molar-refractivity contribution >= 4 is 21.6 Å². The van der Waals surface area contributed by atoms with Crippen LogP contribution in [0, 0.1) is 0 Å². The molecule has 1 aliphatic heterocycles. The number of rotatable bonds is 3.